The molecule has 32 heavy (non-hydrogen) atoms. The Labute approximate surface area is 194 Å². The van der Waals surface area contributed by atoms with E-state index in [0.717, 1.165) is 38.5 Å². The minimum absolute atomic E-state index is 0.00782. The van der Waals surface area contributed by atoms with Gasteiger partial charge in [-0.3, -0.25) is 9.59 Å². The third-order valence-electron chi connectivity index (χ3n) is 6.14. The standard InChI is InChI=1S/C30H38O2/c1-6-7-8-13-22(2)14-11-15-23(3)16-12-17-24(4)20-21-26-25(5)29(31)27-18-9-10-19-28(27)30(26)32/h6-7,9-10,14,16,18-20H,8,11-13,15,17,21H2,1-5H3/b7-6?,22-14+,23-16+,24-20+. The number of Topliss-reactive ketones (excluding diaryl/α,β-unsaturated/α-hetero) is 2. The summed E-state index contributed by atoms with van der Waals surface area (Å²) < 4.78 is 0. The number of carbonyl (C=O) groups excluding carboxylic acids is 2. The van der Waals surface area contributed by atoms with Gasteiger partial charge in [-0.15, -0.1) is 0 Å². The molecule has 2 nitrogen and oxygen atoms in total. The van der Waals surface area contributed by atoms with Crippen LogP contribution in [0.15, 0.2) is 82.5 Å². The number of carbonyl (C=O) groups is 2. The Morgan fingerprint density at radius 1 is 0.750 bits per heavy atom. The van der Waals surface area contributed by atoms with Crippen LogP contribution < -0.4 is 0 Å². The van der Waals surface area contributed by atoms with Crippen LogP contribution in [0.1, 0.15) is 100 Å². The normalized spacial score (nSPS) is 15.7. The summed E-state index contributed by atoms with van der Waals surface area (Å²) in [5.74, 6) is -0.0301. The number of benzene rings is 1. The molecule has 1 aromatic carbocycles. The van der Waals surface area contributed by atoms with Crippen molar-refractivity contribution in [2.75, 3.05) is 0 Å². The lowest BCUT2D eigenvalue weighted by Crippen LogP contribution is -2.20. The topological polar surface area (TPSA) is 34.1 Å². The van der Waals surface area contributed by atoms with Crippen molar-refractivity contribution in [3.63, 3.8) is 0 Å². The molecule has 0 N–H and O–H groups in total. The summed E-state index contributed by atoms with van der Waals surface area (Å²) in [5, 5.41) is 0. The average molecular weight is 431 g/mol. The van der Waals surface area contributed by atoms with E-state index in [1.54, 1.807) is 19.1 Å². The third-order valence-corrected chi connectivity index (χ3v) is 6.14. The highest BCUT2D eigenvalue weighted by Gasteiger charge is 2.28. The molecule has 2 heteroatoms. The van der Waals surface area contributed by atoms with Gasteiger partial charge in [-0.2, -0.15) is 0 Å². The fourth-order valence-corrected chi connectivity index (χ4v) is 3.95. The summed E-state index contributed by atoms with van der Waals surface area (Å²) in [6, 6.07) is 7.13. The van der Waals surface area contributed by atoms with Crippen molar-refractivity contribution in [2.24, 2.45) is 0 Å². The second kappa shape index (κ2) is 13.0. The highest BCUT2D eigenvalue weighted by atomic mass is 16.1. The van der Waals surface area contributed by atoms with Crippen LogP contribution in [0.25, 0.3) is 0 Å². The van der Waals surface area contributed by atoms with Crippen LogP contribution in [0.4, 0.5) is 0 Å². The van der Waals surface area contributed by atoms with E-state index < -0.39 is 0 Å². The van der Waals surface area contributed by atoms with E-state index in [-0.39, 0.29) is 11.6 Å². The Balaban J connectivity index is 1.84. The Bertz CT molecular complexity index is 980. The molecular formula is C30H38O2. The molecule has 1 aliphatic rings. The maximum absolute atomic E-state index is 12.9. The zero-order valence-electron chi connectivity index (χ0n) is 20.5. The molecule has 170 valence electrons. The predicted molar refractivity (Wildman–Crippen MR) is 136 cm³/mol. The van der Waals surface area contributed by atoms with Crippen molar-refractivity contribution in [3.8, 4) is 0 Å². The molecule has 0 amide bonds. The number of allylic oxidation sites excluding steroid dienone is 10. The second-order valence-corrected chi connectivity index (χ2v) is 8.85. The van der Waals surface area contributed by atoms with Gasteiger partial charge in [-0.1, -0.05) is 71.4 Å². The van der Waals surface area contributed by atoms with Crippen molar-refractivity contribution in [1.82, 2.24) is 0 Å². The minimum Gasteiger partial charge on any atom is -0.289 e. The number of rotatable bonds is 11. The lowest BCUT2D eigenvalue weighted by Gasteiger charge is -2.18. The number of hydrogen-bond donors (Lipinski definition) is 0. The average Bonchev–Trinajstić information content (AvgIpc) is 2.77. The van der Waals surface area contributed by atoms with Gasteiger partial charge < -0.3 is 0 Å². The summed E-state index contributed by atoms with van der Waals surface area (Å²) >= 11 is 0. The van der Waals surface area contributed by atoms with E-state index in [0.29, 0.717) is 28.7 Å². The van der Waals surface area contributed by atoms with Crippen LogP contribution in [0.5, 0.6) is 0 Å². The van der Waals surface area contributed by atoms with Gasteiger partial charge in [0.1, 0.15) is 0 Å². The fraction of sp³-hybridized carbons (Fsp3) is 0.400. The predicted octanol–water partition coefficient (Wildman–Crippen LogP) is 8.53. The molecule has 0 spiro atoms. The van der Waals surface area contributed by atoms with E-state index in [1.165, 1.54) is 16.7 Å². The van der Waals surface area contributed by atoms with E-state index in [4.69, 9.17) is 0 Å². The van der Waals surface area contributed by atoms with Crippen molar-refractivity contribution in [3.05, 3.63) is 93.6 Å². The van der Waals surface area contributed by atoms with Crippen LogP contribution in [0.2, 0.25) is 0 Å². The molecular weight excluding hydrogens is 392 g/mol. The lowest BCUT2D eigenvalue weighted by atomic mass is 9.83. The van der Waals surface area contributed by atoms with E-state index in [2.05, 4.69) is 58.1 Å². The monoisotopic (exact) mass is 430 g/mol. The highest BCUT2D eigenvalue weighted by Crippen LogP contribution is 2.28. The minimum atomic E-state index is -0.0223. The van der Waals surface area contributed by atoms with Crippen LogP contribution in [-0.2, 0) is 0 Å². The van der Waals surface area contributed by atoms with Gasteiger partial charge in [-0.25, -0.2) is 0 Å². The number of fused-ring (bicyclic) bond motifs is 1. The zero-order chi connectivity index (χ0) is 23.5. The molecule has 0 atom stereocenters. The molecule has 0 aliphatic heterocycles. The van der Waals surface area contributed by atoms with Gasteiger partial charge in [0.15, 0.2) is 11.6 Å². The SMILES string of the molecule is CC=CCC/C(C)=C/CC/C(C)=C/CC/C(C)=C/CC1=C(C)C(=O)c2ccccc2C1=O. The quantitative estimate of drug-likeness (QED) is 0.330. The van der Waals surface area contributed by atoms with Gasteiger partial charge in [0, 0.05) is 22.3 Å². The Morgan fingerprint density at radius 3 is 1.81 bits per heavy atom. The first kappa shape index (κ1) is 25.5. The van der Waals surface area contributed by atoms with Crippen molar-refractivity contribution in [2.45, 2.75) is 79.6 Å². The molecule has 0 radical (unpaired) electrons. The summed E-state index contributed by atoms with van der Waals surface area (Å²) in [6.45, 7) is 10.4. The van der Waals surface area contributed by atoms with Gasteiger partial charge >= 0.3 is 0 Å². The molecule has 0 heterocycles. The Hall–Kier alpha value is -2.74. The molecule has 1 aromatic rings. The van der Waals surface area contributed by atoms with Crippen LogP contribution >= 0.6 is 0 Å². The largest absolute Gasteiger partial charge is 0.289 e. The highest BCUT2D eigenvalue weighted by molar-refractivity contribution is 6.26. The summed E-state index contributed by atoms with van der Waals surface area (Å²) in [7, 11) is 0. The number of hydrogen-bond acceptors (Lipinski definition) is 2. The van der Waals surface area contributed by atoms with Gasteiger partial charge in [0.05, 0.1) is 0 Å². The van der Waals surface area contributed by atoms with Crippen molar-refractivity contribution in [1.29, 1.82) is 0 Å². The van der Waals surface area contributed by atoms with E-state index in [9.17, 15) is 9.59 Å². The molecule has 2 rings (SSSR count). The maximum Gasteiger partial charge on any atom is 0.190 e. The van der Waals surface area contributed by atoms with Crippen LogP contribution in [-0.4, -0.2) is 11.6 Å². The number of ketones is 2. The molecule has 0 bridgehead atoms. The summed E-state index contributed by atoms with van der Waals surface area (Å²) in [4.78, 5) is 25.5. The molecule has 0 saturated heterocycles. The molecule has 0 fully saturated rings. The van der Waals surface area contributed by atoms with Gasteiger partial charge in [0.2, 0.25) is 0 Å². The molecule has 0 unspecified atom stereocenters. The van der Waals surface area contributed by atoms with Gasteiger partial charge in [0.25, 0.3) is 0 Å². The fourth-order valence-electron chi connectivity index (χ4n) is 3.95. The van der Waals surface area contributed by atoms with E-state index >= 15 is 0 Å². The Morgan fingerprint density at radius 2 is 1.25 bits per heavy atom. The first-order valence-electron chi connectivity index (χ1n) is 11.8. The lowest BCUT2D eigenvalue weighted by molar-refractivity contribution is 0.0973. The van der Waals surface area contributed by atoms with Crippen LogP contribution in [0.3, 0.4) is 0 Å². The summed E-state index contributed by atoms with van der Waals surface area (Å²) in [6.07, 6.45) is 18.1. The first-order valence-corrected chi connectivity index (χ1v) is 11.8. The van der Waals surface area contributed by atoms with Crippen LogP contribution in [0, 0.1) is 0 Å². The van der Waals surface area contributed by atoms with Crippen molar-refractivity contribution >= 4 is 11.6 Å². The third kappa shape index (κ3) is 7.44. The maximum atomic E-state index is 12.9. The van der Waals surface area contributed by atoms with Gasteiger partial charge in [-0.05, 0) is 79.6 Å². The molecule has 0 aromatic heterocycles. The zero-order valence-corrected chi connectivity index (χ0v) is 20.5. The molecule has 0 saturated carbocycles. The Kier molecular flexibility index (Phi) is 10.3. The van der Waals surface area contributed by atoms with E-state index in [1.807, 2.05) is 12.1 Å². The second-order valence-electron chi connectivity index (χ2n) is 8.85. The summed E-state index contributed by atoms with van der Waals surface area (Å²) in [5.41, 5.74) is 6.44. The smallest absolute Gasteiger partial charge is 0.190 e. The molecule has 1 aliphatic carbocycles. The van der Waals surface area contributed by atoms with Crippen molar-refractivity contribution < 1.29 is 9.59 Å². The first-order chi connectivity index (χ1) is 15.3.